The normalized spacial score (nSPS) is 13.7. The zero-order chi connectivity index (χ0) is 11.4. The van der Waals surface area contributed by atoms with Crippen LogP contribution in [0.15, 0.2) is 35.5 Å². The van der Waals surface area contributed by atoms with E-state index in [9.17, 15) is 13.2 Å². The first-order chi connectivity index (χ1) is 6.32. The second kappa shape index (κ2) is 4.66. The van der Waals surface area contributed by atoms with Crippen molar-refractivity contribution in [2.45, 2.75) is 20.0 Å². The number of alkyl halides is 3. The van der Waals surface area contributed by atoms with E-state index in [1.165, 1.54) is 19.1 Å². The standard InChI is InChI=1S/C10H10F3N/c1-4-7(2)5-9(8(3)6-14)10(11,12)13/h4-5H,3H2,1-2H3. The van der Waals surface area contributed by atoms with Crippen LogP contribution in [-0.2, 0) is 0 Å². The van der Waals surface area contributed by atoms with Crippen LogP contribution in [0, 0.1) is 11.3 Å². The van der Waals surface area contributed by atoms with Crippen LogP contribution in [0.5, 0.6) is 0 Å². The number of nitriles is 1. The van der Waals surface area contributed by atoms with Crippen molar-refractivity contribution in [3.05, 3.63) is 35.5 Å². The molecule has 0 aliphatic rings. The fraction of sp³-hybridized carbons (Fsp3) is 0.300. The summed E-state index contributed by atoms with van der Waals surface area (Å²) in [5.74, 6) is 0. The van der Waals surface area contributed by atoms with Gasteiger partial charge in [0.25, 0.3) is 0 Å². The van der Waals surface area contributed by atoms with Gasteiger partial charge in [-0.15, -0.1) is 0 Å². The molecule has 1 nitrogen and oxygen atoms in total. The molecule has 76 valence electrons. The maximum absolute atomic E-state index is 12.3. The lowest BCUT2D eigenvalue weighted by molar-refractivity contribution is -0.0889. The molecular weight excluding hydrogens is 191 g/mol. The highest BCUT2D eigenvalue weighted by molar-refractivity contribution is 5.45. The molecule has 0 aromatic heterocycles. The van der Waals surface area contributed by atoms with E-state index in [0.29, 0.717) is 5.57 Å². The lowest BCUT2D eigenvalue weighted by Gasteiger charge is -2.09. The molecular formula is C10H10F3N. The minimum absolute atomic E-state index is 0.439. The summed E-state index contributed by atoms with van der Waals surface area (Å²) in [4.78, 5) is 0. The molecule has 14 heavy (non-hydrogen) atoms. The average Bonchev–Trinajstić information content (AvgIpc) is 2.10. The number of nitrogens with zero attached hydrogens (tertiary/aromatic N) is 1. The second-order valence-corrected chi connectivity index (χ2v) is 2.68. The Kier molecular flexibility index (Phi) is 4.16. The van der Waals surface area contributed by atoms with Crippen molar-refractivity contribution in [2.24, 2.45) is 0 Å². The zero-order valence-corrected chi connectivity index (χ0v) is 7.94. The molecule has 0 spiro atoms. The Balaban J connectivity index is 5.26. The summed E-state index contributed by atoms with van der Waals surface area (Å²) in [6, 6.07) is 1.39. The predicted octanol–water partition coefficient (Wildman–Crippen LogP) is 3.52. The van der Waals surface area contributed by atoms with Crippen LogP contribution in [0.4, 0.5) is 13.2 Å². The van der Waals surface area contributed by atoms with Gasteiger partial charge in [0, 0.05) is 0 Å². The van der Waals surface area contributed by atoms with Crippen LogP contribution < -0.4 is 0 Å². The van der Waals surface area contributed by atoms with Gasteiger partial charge in [0.2, 0.25) is 0 Å². The number of halogens is 3. The minimum Gasteiger partial charge on any atom is -0.192 e. The number of allylic oxidation sites excluding steroid dienone is 5. The predicted molar refractivity (Wildman–Crippen MR) is 48.3 cm³/mol. The van der Waals surface area contributed by atoms with Crippen LogP contribution in [-0.4, -0.2) is 6.18 Å². The van der Waals surface area contributed by atoms with Gasteiger partial charge < -0.3 is 0 Å². The fourth-order valence-electron chi connectivity index (χ4n) is 0.711. The molecule has 0 radical (unpaired) electrons. The fourth-order valence-corrected chi connectivity index (χ4v) is 0.711. The Labute approximate surface area is 80.8 Å². The van der Waals surface area contributed by atoms with E-state index >= 15 is 0 Å². The van der Waals surface area contributed by atoms with Crippen molar-refractivity contribution >= 4 is 0 Å². The van der Waals surface area contributed by atoms with Crippen LogP contribution >= 0.6 is 0 Å². The van der Waals surface area contributed by atoms with E-state index in [2.05, 4.69) is 6.58 Å². The van der Waals surface area contributed by atoms with E-state index in [4.69, 9.17) is 5.26 Å². The second-order valence-electron chi connectivity index (χ2n) is 2.68. The molecule has 0 N–H and O–H groups in total. The van der Waals surface area contributed by atoms with Crippen molar-refractivity contribution in [1.82, 2.24) is 0 Å². The summed E-state index contributed by atoms with van der Waals surface area (Å²) in [6.45, 7) is 6.19. The molecule has 0 aromatic rings. The minimum atomic E-state index is -4.53. The highest BCUT2D eigenvalue weighted by Gasteiger charge is 2.35. The maximum atomic E-state index is 12.3. The zero-order valence-electron chi connectivity index (χ0n) is 7.94. The van der Waals surface area contributed by atoms with Crippen LogP contribution in [0.25, 0.3) is 0 Å². The van der Waals surface area contributed by atoms with Gasteiger partial charge in [-0.3, -0.25) is 0 Å². The third kappa shape index (κ3) is 3.48. The quantitative estimate of drug-likeness (QED) is 0.495. The summed E-state index contributed by atoms with van der Waals surface area (Å²) in [5.41, 5.74) is -1.12. The average molecular weight is 201 g/mol. The molecule has 0 atom stereocenters. The number of rotatable bonds is 2. The molecule has 0 aliphatic heterocycles. The Bertz CT molecular complexity index is 326. The molecule has 0 unspecified atom stereocenters. The topological polar surface area (TPSA) is 23.8 Å². The number of hydrogen-bond donors (Lipinski definition) is 0. The molecule has 0 bridgehead atoms. The highest BCUT2D eigenvalue weighted by atomic mass is 19.4. The highest BCUT2D eigenvalue weighted by Crippen LogP contribution is 2.31. The van der Waals surface area contributed by atoms with E-state index in [-0.39, 0.29) is 0 Å². The van der Waals surface area contributed by atoms with Crippen molar-refractivity contribution in [3.8, 4) is 6.07 Å². The Morgan fingerprint density at radius 2 is 1.93 bits per heavy atom. The Morgan fingerprint density at radius 3 is 2.21 bits per heavy atom. The van der Waals surface area contributed by atoms with Crippen molar-refractivity contribution in [3.63, 3.8) is 0 Å². The van der Waals surface area contributed by atoms with Gasteiger partial charge in [0.1, 0.15) is 0 Å². The first-order valence-electron chi connectivity index (χ1n) is 3.84. The van der Waals surface area contributed by atoms with Crippen molar-refractivity contribution < 1.29 is 13.2 Å². The molecule has 4 heteroatoms. The number of hydrogen-bond acceptors (Lipinski definition) is 1. The van der Waals surface area contributed by atoms with Crippen LogP contribution in [0.1, 0.15) is 13.8 Å². The molecule has 0 saturated heterocycles. The van der Waals surface area contributed by atoms with Gasteiger partial charge >= 0.3 is 6.18 Å². The molecule has 0 saturated carbocycles. The van der Waals surface area contributed by atoms with Gasteiger partial charge in [-0.25, -0.2) is 0 Å². The summed E-state index contributed by atoms with van der Waals surface area (Å²) in [7, 11) is 0. The molecule has 0 amide bonds. The van der Waals surface area contributed by atoms with Gasteiger partial charge in [0.15, 0.2) is 0 Å². The van der Waals surface area contributed by atoms with Gasteiger partial charge in [0.05, 0.1) is 17.2 Å². The molecule has 0 aromatic carbocycles. The van der Waals surface area contributed by atoms with Gasteiger partial charge in [-0.05, 0) is 19.9 Å². The molecule has 0 heterocycles. The largest absolute Gasteiger partial charge is 0.417 e. The van der Waals surface area contributed by atoms with E-state index in [1.54, 1.807) is 6.92 Å². The summed E-state index contributed by atoms with van der Waals surface area (Å²) in [6.07, 6.45) is -2.10. The summed E-state index contributed by atoms with van der Waals surface area (Å²) < 4.78 is 37.0. The first-order valence-corrected chi connectivity index (χ1v) is 3.84. The van der Waals surface area contributed by atoms with Gasteiger partial charge in [-0.2, -0.15) is 18.4 Å². The molecule has 0 fully saturated rings. The molecule has 0 rings (SSSR count). The van der Waals surface area contributed by atoms with E-state index in [0.717, 1.165) is 6.08 Å². The van der Waals surface area contributed by atoms with Crippen LogP contribution in [0.3, 0.4) is 0 Å². The van der Waals surface area contributed by atoms with E-state index in [1.807, 2.05) is 0 Å². The third-order valence-electron chi connectivity index (χ3n) is 1.59. The lowest BCUT2D eigenvalue weighted by Crippen LogP contribution is -2.13. The smallest absolute Gasteiger partial charge is 0.192 e. The van der Waals surface area contributed by atoms with Gasteiger partial charge in [-0.1, -0.05) is 18.2 Å². The van der Waals surface area contributed by atoms with E-state index < -0.39 is 17.3 Å². The third-order valence-corrected chi connectivity index (χ3v) is 1.59. The maximum Gasteiger partial charge on any atom is 0.417 e. The lowest BCUT2D eigenvalue weighted by atomic mass is 10.1. The summed E-state index contributed by atoms with van der Waals surface area (Å²) >= 11 is 0. The monoisotopic (exact) mass is 201 g/mol. The van der Waals surface area contributed by atoms with Crippen LogP contribution in [0.2, 0.25) is 0 Å². The Morgan fingerprint density at radius 1 is 1.43 bits per heavy atom. The first kappa shape index (κ1) is 12.5. The van der Waals surface area contributed by atoms with Crippen molar-refractivity contribution in [1.29, 1.82) is 5.26 Å². The Hall–Kier alpha value is -1.50. The van der Waals surface area contributed by atoms with Crippen molar-refractivity contribution in [2.75, 3.05) is 0 Å². The summed E-state index contributed by atoms with van der Waals surface area (Å²) in [5, 5.41) is 8.34. The SMILES string of the molecule is C=C(C#N)C(=CC(C)=CC)C(F)(F)F. The molecule has 0 aliphatic carbocycles.